The number of hydrogen-bond acceptors (Lipinski definition) is 2. The van der Waals surface area contributed by atoms with E-state index in [2.05, 4.69) is 76.7 Å². The summed E-state index contributed by atoms with van der Waals surface area (Å²) in [7, 11) is 0. The van der Waals surface area contributed by atoms with Gasteiger partial charge in [-0.15, -0.1) is 0 Å². The van der Waals surface area contributed by atoms with Crippen LogP contribution >= 0.6 is 31.9 Å². The maximum Gasteiger partial charge on any atom is 0.233 e. The first-order chi connectivity index (χ1) is 9.27. The molecule has 0 amide bonds. The topological polar surface area (TPSA) is 22.1 Å². The molecule has 20 heavy (non-hydrogen) atoms. The first-order valence-electron chi connectivity index (χ1n) is 6.37. The molecule has 2 aromatic rings. The van der Waals surface area contributed by atoms with Crippen LogP contribution in [0.4, 0.5) is 0 Å². The van der Waals surface area contributed by atoms with Gasteiger partial charge in [-0.3, -0.25) is 0 Å². The van der Waals surface area contributed by atoms with E-state index in [0.29, 0.717) is 5.88 Å². The lowest BCUT2D eigenvalue weighted by molar-refractivity contribution is 0.455. The minimum atomic E-state index is 0.139. The molecular formula is C16H17Br2NO. The van der Waals surface area contributed by atoms with Crippen molar-refractivity contribution in [3.63, 3.8) is 0 Å². The molecule has 0 aliphatic carbocycles. The maximum atomic E-state index is 5.88. The van der Waals surface area contributed by atoms with Gasteiger partial charge in [0.05, 0.1) is 4.47 Å². The van der Waals surface area contributed by atoms with Crippen molar-refractivity contribution < 1.29 is 4.74 Å². The third-order valence-corrected chi connectivity index (χ3v) is 4.02. The zero-order chi connectivity index (χ0) is 14.9. The smallest absolute Gasteiger partial charge is 0.233 e. The number of aryl methyl sites for hydroxylation is 1. The van der Waals surface area contributed by atoms with Gasteiger partial charge in [-0.25, -0.2) is 4.98 Å². The van der Waals surface area contributed by atoms with Crippen LogP contribution in [0.5, 0.6) is 11.6 Å². The second kappa shape index (κ2) is 5.86. The fraction of sp³-hybridized carbons (Fsp3) is 0.312. The molecule has 0 atom stereocenters. The van der Waals surface area contributed by atoms with E-state index in [1.807, 2.05) is 12.1 Å². The Balaban J connectivity index is 2.30. The number of halogens is 2. The summed E-state index contributed by atoms with van der Waals surface area (Å²) in [4.78, 5) is 4.27. The van der Waals surface area contributed by atoms with Gasteiger partial charge in [-0.2, -0.15) is 0 Å². The van der Waals surface area contributed by atoms with Crippen LogP contribution in [0, 0.1) is 6.92 Å². The summed E-state index contributed by atoms with van der Waals surface area (Å²) in [6.07, 6.45) is 1.72. The Morgan fingerprint density at radius 3 is 2.35 bits per heavy atom. The normalized spacial score (nSPS) is 11.5. The molecule has 0 aliphatic rings. The molecule has 2 nitrogen and oxygen atoms in total. The molecule has 4 heteroatoms. The Labute approximate surface area is 136 Å². The number of rotatable bonds is 2. The van der Waals surface area contributed by atoms with Crippen LogP contribution in [0.2, 0.25) is 0 Å². The Hall–Kier alpha value is -0.870. The summed E-state index contributed by atoms with van der Waals surface area (Å²) >= 11 is 6.84. The third kappa shape index (κ3) is 3.61. The Bertz CT molecular complexity index is 633. The van der Waals surface area contributed by atoms with Crippen LogP contribution in [0.1, 0.15) is 31.9 Å². The highest BCUT2D eigenvalue weighted by Gasteiger charge is 2.15. The van der Waals surface area contributed by atoms with Gasteiger partial charge >= 0.3 is 0 Å². The van der Waals surface area contributed by atoms with Gasteiger partial charge in [0.25, 0.3) is 0 Å². The van der Waals surface area contributed by atoms with Crippen LogP contribution in [0.3, 0.4) is 0 Å². The largest absolute Gasteiger partial charge is 0.438 e. The van der Waals surface area contributed by atoms with Gasteiger partial charge in [-0.05, 0) is 67.5 Å². The molecule has 1 aromatic carbocycles. The molecule has 0 saturated heterocycles. The van der Waals surface area contributed by atoms with Crippen LogP contribution < -0.4 is 4.74 Å². The van der Waals surface area contributed by atoms with Crippen molar-refractivity contribution in [2.75, 3.05) is 0 Å². The summed E-state index contributed by atoms with van der Waals surface area (Å²) < 4.78 is 7.62. The van der Waals surface area contributed by atoms with E-state index in [1.54, 1.807) is 6.20 Å². The zero-order valence-corrected chi connectivity index (χ0v) is 15.2. The second-order valence-electron chi connectivity index (χ2n) is 5.77. The molecule has 1 aromatic heterocycles. The van der Waals surface area contributed by atoms with Crippen LogP contribution in [0.15, 0.2) is 39.4 Å². The quantitative estimate of drug-likeness (QED) is 0.618. The Morgan fingerprint density at radius 1 is 1.10 bits per heavy atom. The lowest BCUT2D eigenvalue weighted by Gasteiger charge is -2.20. The predicted octanol–water partition coefficient (Wildman–Crippen LogP) is 6.00. The molecular weight excluding hydrogens is 382 g/mol. The van der Waals surface area contributed by atoms with Crippen molar-refractivity contribution in [1.29, 1.82) is 0 Å². The van der Waals surface area contributed by atoms with Gasteiger partial charge in [0, 0.05) is 10.7 Å². The molecule has 0 N–H and O–H groups in total. The molecule has 106 valence electrons. The molecule has 0 unspecified atom stereocenters. The summed E-state index contributed by atoms with van der Waals surface area (Å²) in [5.41, 5.74) is 2.54. The fourth-order valence-corrected chi connectivity index (χ4v) is 2.88. The molecule has 1 heterocycles. The third-order valence-electron chi connectivity index (χ3n) is 3.02. The van der Waals surface area contributed by atoms with Crippen molar-refractivity contribution in [2.24, 2.45) is 0 Å². The SMILES string of the molecule is Cc1cc(C(C)(C)C)ccc1Oc1ncc(Br)cc1Br. The van der Waals surface area contributed by atoms with Crippen LogP contribution in [-0.4, -0.2) is 4.98 Å². The van der Waals surface area contributed by atoms with Gasteiger partial charge in [0.2, 0.25) is 5.88 Å². The van der Waals surface area contributed by atoms with E-state index < -0.39 is 0 Å². The van der Waals surface area contributed by atoms with Gasteiger partial charge < -0.3 is 4.74 Å². The molecule has 0 fully saturated rings. The number of hydrogen-bond donors (Lipinski definition) is 0. The predicted molar refractivity (Wildman–Crippen MR) is 89.6 cm³/mol. The number of benzene rings is 1. The molecule has 0 radical (unpaired) electrons. The van der Waals surface area contributed by atoms with Crippen molar-refractivity contribution in [1.82, 2.24) is 4.98 Å². The summed E-state index contributed by atoms with van der Waals surface area (Å²) in [5.74, 6) is 1.40. The van der Waals surface area contributed by atoms with E-state index in [-0.39, 0.29) is 5.41 Å². The van der Waals surface area contributed by atoms with Crippen molar-refractivity contribution >= 4 is 31.9 Å². The van der Waals surface area contributed by atoms with Gasteiger partial charge in [0.1, 0.15) is 5.75 Å². The molecule has 0 bridgehead atoms. The van der Waals surface area contributed by atoms with E-state index in [9.17, 15) is 0 Å². The molecule has 0 spiro atoms. The minimum Gasteiger partial charge on any atom is -0.438 e. The van der Waals surface area contributed by atoms with Crippen molar-refractivity contribution in [3.05, 3.63) is 50.5 Å². The zero-order valence-electron chi connectivity index (χ0n) is 12.0. The summed E-state index contributed by atoms with van der Waals surface area (Å²) in [6.45, 7) is 8.66. The van der Waals surface area contributed by atoms with E-state index in [1.165, 1.54) is 5.56 Å². The maximum absolute atomic E-state index is 5.88. The Kier molecular flexibility index (Phi) is 4.55. The molecule has 0 aliphatic heterocycles. The highest BCUT2D eigenvalue weighted by atomic mass is 79.9. The standard InChI is InChI=1S/C16H17Br2NO/c1-10-7-11(16(2,3)4)5-6-14(10)20-15-13(18)8-12(17)9-19-15/h5-9H,1-4H3. The lowest BCUT2D eigenvalue weighted by Crippen LogP contribution is -2.11. The van der Waals surface area contributed by atoms with E-state index in [0.717, 1.165) is 20.3 Å². The van der Waals surface area contributed by atoms with Crippen molar-refractivity contribution in [2.45, 2.75) is 33.1 Å². The lowest BCUT2D eigenvalue weighted by atomic mass is 9.86. The number of pyridine rings is 1. The highest BCUT2D eigenvalue weighted by molar-refractivity contribution is 9.11. The van der Waals surface area contributed by atoms with Crippen LogP contribution in [0.25, 0.3) is 0 Å². The second-order valence-corrected chi connectivity index (χ2v) is 7.54. The summed E-state index contributed by atoms with van der Waals surface area (Å²) in [5, 5.41) is 0. The van der Waals surface area contributed by atoms with E-state index in [4.69, 9.17) is 4.74 Å². The molecule has 0 saturated carbocycles. The number of aromatic nitrogens is 1. The van der Waals surface area contributed by atoms with Crippen LogP contribution in [-0.2, 0) is 5.41 Å². The highest BCUT2D eigenvalue weighted by Crippen LogP contribution is 2.33. The van der Waals surface area contributed by atoms with Gasteiger partial charge in [0.15, 0.2) is 0 Å². The average molecular weight is 399 g/mol. The Morgan fingerprint density at radius 2 is 1.80 bits per heavy atom. The fourth-order valence-electron chi connectivity index (χ4n) is 1.81. The first-order valence-corrected chi connectivity index (χ1v) is 7.96. The number of ether oxygens (including phenoxy) is 1. The average Bonchev–Trinajstić information content (AvgIpc) is 2.33. The monoisotopic (exact) mass is 397 g/mol. The van der Waals surface area contributed by atoms with Gasteiger partial charge in [-0.1, -0.05) is 32.9 Å². The number of nitrogens with zero attached hydrogens (tertiary/aromatic N) is 1. The van der Waals surface area contributed by atoms with E-state index >= 15 is 0 Å². The first kappa shape index (κ1) is 15.5. The summed E-state index contributed by atoms with van der Waals surface area (Å²) in [6, 6.07) is 8.20. The van der Waals surface area contributed by atoms with Crippen molar-refractivity contribution in [3.8, 4) is 11.6 Å². The molecule has 2 rings (SSSR count). The minimum absolute atomic E-state index is 0.139.